The van der Waals surface area contributed by atoms with E-state index in [2.05, 4.69) is 16.0 Å². The number of piperidine rings is 1. The molecule has 102 valence electrons. The van der Waals surface area contributed by atoms with Crippen molar-refractivity contribution >= 4 is 5.91 Å². The molecule has 1 aliphatic heterocycles. The topological polar surface area (TPSA) is 79.8 Å². The van der Waals surface area contributed by atoms with Crippen LogP contribution in [0.25, 0.3) is 0 Å². The van der Waals surface area contributed by atoms with Crippen molar-refractivity contribution in [2.24, 2.45) is 5.18 Å². The molecule has 1 heterocycles. The molecule has 0 radical (unpaired) electrons. The Kier molecular flexibility index (Phi) is 5.14. The van der Waals surface area contributed by atoms with Crippen molar-refractivity contribution in [3.05, 3.63) is 40.8 Å². The van der Waals surface area contributed by atoms with Gasteiger partial charge in [0.25, 0.3) is 0 Å². The summed E-state index contributed by atoms with van der Waals surface area (Å²) in [7, 11) is 0. The van der Waals surface area contributed by atoms with Gasteiger partial charge in [-0.25, -0.2) is 0 Å². The number of amides is 1. The van der Waals surface area contributed by atoms with Gasteiger partial charge in [-0.05, 0) is 18.4 Å². The third kappa shape index (κ3) is 4.20. The van der Waals surface area contributed by atoms with Gasteiger partial charge in [0.15, 0.2) is 0 Å². The predicted octanol–water partition coefficient (Wildman–Crippen LogP) is 1.12. The summed E-state index contributed by atoms with van der Waals surface area (Å²) in [5.41, 5.74) is 4.06. The van der Waals surface area contributed by atoms with Crippen LogP contribution in [-0.4, -0.2) is 24.5 Å². The van der Waals surface area contributed by atoms with Gasteiger partial charge in [0.05, 0.1) is 12.6 Å². The number of benzene rings is 1. The van der Waals surface area contributed by atoms with Gasteiger partial charge < -0.3 is 5.32 Å². The lowest BCUT2D eigenvalue weighted by atomic mass is 10.0. The van der Waals surface area contributed by atoms with E-state index in [1.165, 1.54) is 0 Å². The minimum absolute atomic E-state index is 0.138. The Morgan fingerprint density at radius 1 is 1.37 bits per heavy atom. The van der Waals surface area contributed by atoms with Gasteiger partial charge in [0, 0.05) is 17.8 Å². The summed E-state index contributed by atoms with van der Waals surface area (Å²) in [6.07, 6.45) is 1.37. The van der Waals surface area contributed by atoms with Gasteiger partial charge >= 0.3 is 5.91 Å². The van der Waals surface area contributed by atoms with Crippen molar-refractivity contribution in [3.63, 3.8) is 0 Å². The van der Waals surface area contributed by atoms with Crippen LogP contribution in [0.5, 0.6) is 0 Å². The third-order valence-corrected chi connectivity index (χ3v) is 3.13. The summed E-state index contributed by atoms with van der Waals surface area (Å²) < 4.78 is 0. The standard InChI is InChI=1S/C13H17N3O3/c17-13(15-18)12-7-6-11(8-14-12)16-19-9-10-4-2-1-3-5-10/h1-5,11-12,14,16H,6-9H2/t11-,12+/m1/s1. The maximum absolute atomic E-state index is 11.1. The van der Waals surface area contributed by atoms with Gasteiger partial charge in [-0.1, -0.05) is 30.3 Å². The molecule has 2 rings (SSSR count). The molecule has 19 heavy (non-hydrogen) atoms. The van der Waals surface area contributed by atoms with Crippen molar-refractivity contribution in [1.29, 1.82) is 0 Å². The maximum atomic E-state index is 11.1. The first kappa shape index (κ1) is 13.8. The number of rotatable bonds is 5. The van der Waals surface area contributed by atoms with E-state index in [0.29, 0.717) is 19.6 Å². The van der Waals surface area contributed by atoms with Crippen molar-refractivity contribution < 1.29 is 9.63 Å². The Bertz CT molecular complexity index is 416. The Morgan fingerprint density at radius 2 is 2.16 bits per heavy atom. The highest BCUT2D eigenvalue weighted by Crippen LogP contribution is 2.10. The molecule has 0 bridgehead atoms. The fourth-order valence-corrected chi connectivity index (χ4v) is 2.05. The molecule has 2 N–H and O–H groups in total. The third-order valence-electron chi connectivity index (χ3n) is 3.13. The van der Waals surface area contributed by atoms with Crippen LogP contribution in [0.3, 0.4) is 0 Å². The first-order chi connectivity index (χ1) is 9.29. The smallest absolute Gasteiger partial charge is 0.303 e. The Morgan fingerprint density at radius 3 is 2.79 bits per heavy atom. The second-order valence-corrected chi connectivity index (χ2v) is 4.56. The number of hydroxylamine groups is 1. The van der Waals surface area contributed by atoms with E-state index in [9.17, 15) is 9.70 Å². The average molecular weight is 263 g/mol. The van der Waals surface area contributed by atoms with Crippen LogP contribution in [0.2, 0.25) is 0 Å². The fourth-order valence-electron chi connectivity index (χ4n) is 2.05. The zero-order valence-electron chi connectivity index (χ0n) is 10.5. The summed E-state index contributed by atoms with van der Waals surface area (Å²) in [4.78, 5) is 26.6. The Labute approximate surface area is 111 Å². The van der Waals surface area contributed by atoms with Crippen molar-refractivity contribution in [1.82, 2.24) is 10.8 Å². The molecule has 0 spiro atoms. The molecule has 1 amide bonds. The molecule has 1 saturated heterocycles. The Balaban J connectivity index is 1.66. The first-order valence-corrected chi connectivity index (χ1v) is 6.31. The molecule has 1 aliphatic rings. The zero-order valence-corrected chi connectivity index (χ0v) is 10.5. The van der Waals surface area contributed by atoms with E-state index in [-0.39, 0.29) is 6.04 Å². The van der Waals surface area contributed by atoms with Crippen LogP contribution in [0.15, 0.2) is 35.5 Å². The number of hydrogen-bond acceptors (Lipinski definition) is 5. The first-order valence-electron chi connectivity index (χ1n) is 6.31. The second-order valence-electron chi connectivity index (χ2n) is 4.56. The summed E-state index contributed by atoms with van der Waals surface area (Å²) in [6, 6.07) is 9.56. The largest absolute Gasteiger partial charge is 0.304 e. The van der Waals surface area contributed by atoms with Crippen LogP contribution in [0.4, 0.5) is 0 Å². The lowest BCUT2D eigenvalue weighted by molar-refractivity contribution is -0.120. The van der Waals surface area contributed by atoms with Gasteiger partial charge in [-0.2, -0.15) is 5.48 Å². The van der Waals surface area contributed by atoms with E-state index in [1.54, 1.807) is 0 Å². The number of nitrogens with zero attached hydrogens (tertiary/aromatic N) is 1. The number of carbonyl (C=O) groups is 1. The van der Waals surface area contributed by atoms with E-state index in [4.69, 9.17) is 4.84 Å². The quantitative estimate of drug-likeness (QED) is 0.614. The minimum atomic E-state index is -0.622. The van der Waals surface area contributed by atoms with Gasteiger partial charge in [0.2, 0.25) is 0 Å². The Hall–Kier alpha value is -1.63. The highest BCUT2D eigenvalue weighted by atomic mass is 16.6. The van der Waals surface area contributed by atoms with E-state index in [0.717, 1.165) is 12.0 Å². The highest BCUT2D eigenvalue weighted by Gasteiger charge is 2.26. The van der Waals surface area contributed by atoms with E-state index < -0.39 is 11.9 Å². The van der Waals surface area contributed by atoms with Gasteiger partial charge in [0.1, 0.15) is 0 Å². The summed E-state index contributed by atoms with van der Waals surface area (Å²) in [5.74, 6) is -0.622. The molecule has 6 heteroatoms. The van der Waals surface area contributed by atoms with Crippen molar-refractivity contribution in [2.75, 3.05) is 6.54 Å². The second kappa shape index (κ2) is 7.08. The normalized spacial score (nSPS) is 22.9. The van der Waals surface area contributed by atoms with Crippen LogP contribution in [0, 0.1) is 4.91 Å². The molecule has 1 fully saturated rings. The molecule has 2 atom stereocenters. The fraction of sp³-hybridized carbons (Fsp3) is 0.462. The molecule has 0 aromatic heterocycles. The van der Waals surface area contributed by atoms with E-state index in [1.807, 2.05) is 30.3 Å². The molecule has 0 unspecified atom stereocenters. The van der Waals surface area contributed by atoms with E-state index >= 15 is 0 Å². The van der Waals surface area contributed by atoms with Crippen molar-refractivity contribution in [2.45, 2.75) is 31.5 Å². The van der Waals surface area contributed by atoms with Crippen LogP contribution < -0.4 is 10.8 Å². The average Bonchev–Trinajstić information content (AvgIpc) is 2.48. The van der Waals surface area contributed by atoms with Crippen molar-refractivity contribution in [3.8, 4) is 0 Å². The summed E-state index contributed by atoms with van der Waals surface area (Å²) >= 11 is 0. The maximum Gasteiger partial charge on any atom is 0.303 e. The monoisotopic (exact) mass is 263 g/mol. The SMILES string of the molecule is O=NC(=O)[C@@H]1CC[C@@H](NOCc2ccccc2)CN1. The molecule has 0 aliphatic carbocycles. The van der Waals surface area contributed by atoms with Crippen LogP contribution in [0.1, 0.15) is 18.4 Å². The van der Waals surface area contributed by atoms with Crippen LogP contribution >= 0.6 is 0 Å². The summed E-state index contributed by atoms with van der Waals surface area (Å²) in [5, 5.41) is 5.42. The molecular weight excluding hydrogens is 246 g/mol. The number of carbonyl (C=O) groups excluding carboxylic acids is 1. The lowest BCUT2D eigenvalue weighted by Crippen LogP contribution is -2.50. The highest BCUT2D eigenvalue weighted by molar-refractivity contribution is 5.82. The summed E-state index contributed by atoms with van der Waals surface area (Å²) in [6.45, 7) is 1.08. The molecule has 1 aromatic rings. The lowest BCUT2D eigenvalue weighted by Gasteiger charge is -2.27. The minimum Gasteiger partial charge on any atom is -0.304 e. The van der Waals surface area contributed by atoms with Gasteiger partial charge in [-0.15, -0.1) is 4.91 Å². The number of nitrogens with one attached hydrogen (secondary N) is 2. The molecule has 1 aromatic carbocycles. The van der Waals surface area contributed by atoms with Crippen LogP contribution in [-0.2, 0) is 16.2 Å². The predicted molar refractivity (Wildman–Crippen MR) is 70.0 cm³/mol. The molecule has 0 saturated carbocycles. The molecule has 6 nitrogen and oxygen atoms in total. The molecular formula is C13H17N3O3. The van der Waals surface area contributed by atoms with Gasteiger partial charge in [-0.3, -0.25) is 9.63 Å². The number of nitroso groups, excluding NO2 is 1. The zero-order chi connectivity index (χ0) is 13.5. The number of hydrogen-bond donors (Lipinski definition) is 2.